The van der Waals surface area contributed by atoms with Gasteiger partial charge in [-0.25, -0.2) is 9.97 Å². The monoisotopic (exact) mass is 400 g/mol. The predicted octanol–water partition coefficient (Wildman–Crippen LogP) is 4.96. The van der Waals surface area contributed by atoms with Crippen LogP contribution in [0.15, 0.2) is 29.6 Å². The normalized spacial score (nSPS) is 13.2. The van der Waals surface area contributed by atoms with E-state index in [-0.39, 0.29) is 0 Å². The van der Waals surface area contributed by atoms with E-state index in [4.69, 9.17) is 22.2 Å². The summed E-state index contributed by atoms with van der Waals surface area (Å²) in [6, 6.07) is 3.93. The van der Waals surface area contributed by atoms with Gasteiger partial charge in [0, 0.05) is 41.3 Å². The van der Waals surface area contributed by atoms with Crippen molar-refractivity contribution in [2.75, 3.05) is 13.1 Å². The number of thiophene rings is 1. The topological polar surface area (TPSA) is 41.9 Å². The smallest absolute Gasteiger partial charge is 0.163 e. The van der Waals surface area contributed by atoms with E-state index in [0.717, 1.165) is 51.5 Å². The van der Waals surface area contributed by atoms with Crippen molar-refractivity contribution in [3.05, 3.63) is 35.0 Å². The molecule has 3 heterocycles. The molecule has 3 aromatic rings. The molecule has 0 unspecified atom stereocenters. The summed E-state index contributed by atoms with van der Waals surface area (Å²) in [6.07, 6.45) is 7.10. The zero-order valence-corrected chi connectivity index (χ0v) is 17.3. The molecule has 4 nitrogen and oxygen atoms in total. The molecule has 0 amide bonds. The van der Waals surface area contributed by atoms with Crippen molar-refractivity contribution < 1.29 is 0 Å². The van der Waals surface area contributed by atoms with Crippen LogP contribution in [0.3, 0.4) is 0 Å². The second-order valence-corrected chi connectivity index (χ2v) is 8.88. The first-order valence-electron chi connectivity index (χ1n) is 8.90. The van der Waals surface area contributed by atoms with Gasteiger partial charge in [0.2, 0.25) is 0 Å². The minimum atomic E-state index is 0.732. The van der Waals surface area contributed by atoms with Crippen LogP contribution >= 0.6 is 35.3 Å². The number of hydrogen-bond acceptors (Lipinski definition) is 6. The molecule has 0 spiro atoms. The largest absolute Gasteiger partial charge is 0.358 e. The van der Waals surface area contributed by atoms with Crippen molar-refractivity contribution in [1.82, 2.24) is 19.9 Å². The van der Waals surface area contributed by atoms with E-state index in [0.29, 0.717) is 0 Å². The molecule has 134 valence electrons. The molecule has 0 radical (unpaired) electrons. The van der Waals surface area contributed by atoms with Crippen LogP contribution in [0.4, 0.5) is 0 Å². The van der Waals surface area contributed by atoms with Gasteiger partial charge < -0.3 is 4.90 Å². The summed E-state index contributed by atoms with van der Waals surface area (Å²) >= 11 is 9.12. The second-order valence-electron chi connectivity index (χ2n) is 6.17. The van der Waals surface area contributed by atoms with Gasteiger partial charge in [0.05, 0.1) is 0 Å². The van der Waals surface area contributed by atoms with Gasteiger partial charge in [-0.15, -0.1) is 11.3 Å². The summed E-state index contributed by atoms with van der Waals surface area (Å²) in [5.74, 6) is 0.732. The average Bonchev–Trinajstić information content (AvgIpc) is 3.24. The minimum Gasteiger partial charge on any atom is -0.358 e. The van der Waals surface area contributed by atoms with Gasteiger partial charge in [-0.2, -0.15) is 0 Å². The van der Waals surface area contributed by atoms with Crippen LogP contribution in [0, 0.1) is 0 Å². The summed E-state index contributed by atoms with van der Waals surface area (Å²) < 4.78 is 0.880. The lowest BCUT2D eigenvalue weighted by atomic mass is 10.2. The average molecular weight is 401 g/mol. The minimum absolute atomic E-state index is 0.732. The van der Waals surface area contributed by atoms with Crippen molar-refractivity contribution in [2.24, 2.45) is 0 Å². The standard InChI is InChI=1S/C19H20N4S3/c1-3-23(4-2)19(24)26-18-15-13-8-5-9-14(13)25-17(15)21-16(22-18)12-7-6-10-20-11-12/h6-7,10-11H,3-5,8-9H2,1-2H3. The molecule has 4 rings (SSSR count). The van der Waals surface area contributed by atoms with Gasteiger partial charge in [0.15, 0.2) is 5.82 Å². The molecular weight excluding hydrogens is 380 g/mol. The first-order valence-corrected chi connectivity index (χ1v) is 10.9. The Morgan fingerprint density at radius 1 is 1.27 bits per heavy atom. The SMILES string of the molecule is CCN(CC)C(=S)Sc1nc(-c2cccnc2)nc2sc3c(c12)CCC3. The summed E-state index contributed by atoms with van der Waals surface area (Å²) in [5.41, 5.74) is 2.38. The fraction of sp³-hybridized carbons (Fsp3) is 0.368. The lowest BCUT2D eigenvalue weighted by Gasteiger charge is -2.21. The third kappa shape index (κ3) is 3.23. The molecule has 0 aliphatic heterocycles. The summed E-state index contributed by atoms with van der Waals surface area (Å²) in [7, 11) is 0. The van der Waals surface area contributed by atoms with Crippen molar-refractivity contribution in [3.8, 4) is 11.4 Å². The Hall–Kier alpha value is -1.57. The summed E-state index contributed by atoms with van der Waals surface area (Å²) in [4.78, 5) is 18.7. The Bertz CT molecular complexity index is 948. The van der Waals surface area contributed by atoms with Gasteiger partial charge >= 0.3 is 0 Å². The lowest BCUT2D eigenvalue weighted by Crippen LogP contribution is -2.26. The Morgan fingerprint density at radius 2 is 2.12 bits per heavy atom. The maximum atomic E-state index is 5.70. The molecule has 0 aromatic carbocycles. The molecule has 0 fully saturated rings. The first kappa shape index (κ1) is 17.8. The fourth-order valence-electron chi connectivity index (χ4n) is 3.29. The van der Waals surface area contributed by atoms with Crippen LogP contribution in [0.25, 0.3) is 21.6 Å². The Morgan fingerprint density at radius 3 is 2.85 bits per heavy atom. The van der Waals surface area contributed by atoms with E-state index in [2.05, 4.69) is 23.7 Å². The number of aromatic nitrogens is 3. The second kappa shape index (κ2) is 7.58. The summed E-state index contributed by atoms with van der Waals surface area (Å²) in [5, 5.41) is 2.21. The van der Waals surface area contributed by atoms with E-state index >= 15 is 0 Å². The van der Waals surface area contributed by atoms with Crippen LogP contribution < -0.4 is 0 Å². The molecule has 3 aromatic heterocycles. The fourth-order valence-corrected chi connectivity index (χ4v) is 6.12. The molecule has 0 saturated carbocycles. The molecule has 26 heavy (non-hydrogen) atoms. The van der Waals surface area contributed by atoms with Crippen molar-refractivity contribution in [2.45, 2.75) is 38.1 Å². The van der Waals surface area contributed by atoms with Crippen LogP contribution in [-0.4, -0.2) is 37.3 Å². The number of thioether (sulfide) groups is 1. The van der Waals surface area contributed by atoms with Crippen molar-refractivity contribution in [3.63, 3.8) is 0 Å². The van der Waals surface area contributed by atoms with Crippen molar-refractivity contribution >= 4 is 49.9 Å². The highest BCUT2D eigenvalue weighted by Crippen LogP contribution is 2.41. The third-order valence-electron chi connectivity index (χ3n) is 4.66. The Labute approximate surface area is 167 Å². The van der Waals surface area contributed by atoms with Gasteiger partial charge in [-0.3, -0.25) is 4.98 Å². The van der Waals surface area contributed by atoms with E-state index in [1.165, 1.54) is 22.2 Å². The van der Waals surface area contributed by atoms with Crippen LogP contribution in [0.1, 0.15) is 30.7 Å². The zero-order valence-electron chi connectivity index (χ0n) is 14.9. The van der Waals surface area contributed by atoms with Gasteiger partial charge in [0.25, 0.3) is 0 Å². The van der Waals surface area contributed by atoms with Gasteiger partial charge in [-0.05, 0) is 62.6 Å². The number of nitrogens with zero attached hydrogens (tertiary/aromatic N) is 4. The van der Waals surface area contributed by atoms with E-state index in [9.17, 15) is 0 Å². The molecule has 0 N–H and O–H groups in total. The molecule has 0 bridgehead atoms. The zero-order chi connectivity index (χ0) is 18.1. The molecule has 7 heteroatoms. The first-order chi connectivity index (χ1) is 12.7. The number of thiocarbonyl (C=S) groups is 1. The highest BCUT2D eigenvalue weighted by molar-refractivity contribution is 8.23. The number of aryl methyl sites for hydroxylation is 2. The van der Waals surface area contributed by atoms with E-state index in [1.807, 2.05) is 29.7 Å². The molecule has 1 aliphatic rings. The molecule has 0 atom stereocenters. The predicted molar refractivity (Wildman–Crippen MR) is 114 cm³/mol. The molecule has 1 aliphatic carbocycles. The summed E-state index contributed by atoms with van der Waals surface area (Å²) in [6.45, 7) is 6.09. The highest BCUT2D eigenvalue weighted by Gasteiger charge is 2.24. The van der Waals surface area contributed by atoms with E-state index in [1.54, 1.807) is 18.0 Å². The van der Waals surface area contributed by atoms with Crippen LogP contribution in [0.5, 0.6) is 0 Å². The van der Waals surface area contributed by atoms with E-state index < -0.39 is 0 Å². The third-order valence-corrected chi connectivity index (χ3v) is 7.27. The number of hydrogen-bond donors (Lipinski definition) is 0. The number of rotatable bonds is 4. The van der Waals surface area contributed by atoms with Gasteiger partial charge in [-0.1, -0.05) is 12.2 Å². The lowest BCUT2D eigenvalue weighted by molar-refractivity contribution is 0.482. The molecular formula is C19H20N4S3. The highest BCUT2D eigenvalue weighted by atomic mass is 32.2. The maximum absolute atomic E-state index is 5.70. The van der Waals surface area contributed by atoms with Crippen molar-refractivity contribution in [1.29, 1.82) is 0 Å². The Balaban J connectivity index is 1.84. The van der Waals surface area contributed by atoms with Crippen LogP contribution in [-0.2, 0) is 12.8 Å². The number of pyridine rings is 1. The quantitative estimate of drug-likeness (QED) is 0.350. The van der Waals surface area contributed by atoms with Gasteiger partial charge in [0.1, 0.15) is 14.2 Å². The Kier molecular flexibility index (Phi) is 5.20. The molecule has 0 saturated heterocycles. The maximum Gasteiger partial charge on any atom is 0.163 e. The number of fused-ring (bicyclic) bond motifs is 3. The van der Waals surface area contributed by atoms with Crippen LogP contribution in [0.2, 0.25) is 0 Å².